The van der Waals surface area contributed by atoms with Crippen molar-refractivity contribution in [3.8, 4) is 0 Å². The number of aliphatic hydroxyl groups excluding tert-OH is 1. The number of Topliss-reactive ketones (excluding diaryl/α,β-unsaturated/α-hetero) is 1. The Morgan fingerprint density at radius 1 is 1.31 bits per heavy atom. The predicted octanol–water partition coefficient (Wildman–Crippen LogP) is 3.50. The van der Waals surface area contributed by atoms with Gasteiger partial charge in [0.05, 0.1) is 5.56 Å². The molecule has 0 radical (unpaired) electrons. The molecule has 0 aliphatic heterocycles. The molecule has 0 spiro atoms. The third-order valence-electron chi connectivity index (χ3n) is 2.39. The Kier molecular flexibility index (Phi) is 3.82. The number of carbonyl (C=O) groups excluding carboxylic acids is 1. The molecule has 1 aromatic carbocycles. The first-order valence-electron chi connectivity index (χ1n) is 5.14. The Balaban J connectivity index is 3.14. The maximum absolute atomic E-state index is 13.3. The molecular weight excluding hydrogens is 207 g/mol. The summed E-state index contributed by atoms with van der Waals surface area (Å²) in [5.41, 5.74) is 0.187. The SMILES string of the molecule is C/C(C(=O)c1ccccc1F)=C(/O)C(C)C. The van der Waals surface area contributed by atoms with Crippen molar-refractivity contribution in [1.82, 2.24) is 0 Å². The summed E-state index contributed by atoms with van der Waals surface area (Å²) in [5.74, 6) is -1.17. The van der Waals surface area contributed by atoms with E-state index in [1.54, 1.807) is 19.9 Å². The van der Waals surface area contributed by atoms with Crippen LogP contribution in [0.1, 0.15) is 31.1 Å². The van der Waals surface area contributed by atoms with Crippen molar-refractivity contribution in [1.29, 1.82) is 0 Å². The molecule has 0 aliphatic rings. The summed E-state index contributed by atoms with van der Waals surface area (Å²) in [5, 5.41) is 9.65. The largest absolute Gasteiger partial charge is 0.512 e. The van der Waals surface area contributed by atoms with Gasteiger partial charge < -0.3 is 5.11 Å². The lowest BCUT2D eigenvalue weighted by Gasteiger charge is -2.09. The van der Waals surface area contributed by atoms with E-state index in [2.05, 4.69) is 0 Å². The summed E-state index contributed by atoms with van der Waals surface area (Å²) in [6.07, 6.45) is 0. The van der Waals surface area contributed by atoms with E-state index < -0.39 is 11.6 Å². The number of halogens is 1. The van der Waals surface area contributed by atoms with Crippen LogP contribution >= 0.6 is 0 Å². The summed E-state index contributed by atoms with van der Waals surface area (Å²) < 4.78 is 13.3. The maximum atomic E-state index is 13.3. The molecular formula is C13H15FO2. The van der Waals surface area contributed by atoms with Crippen molar-refractivity contribution in [2.24, 2.45) is 5.92 Å². The van der Waals surface area contributed by atoms with Crippen molar-refractivity contribution in [2.45, 2.75) is 20.8 Å². The Morgan fingerprint density at radius 3 is 2.38 bits per heavy atom. The van der Waals surface area contributed by atoms with Crippen LogP contribution in [-0.4, -0.2) is 10.9 Å². The van der Waals surface area contributed by atoms with Gasteiger partial charge >= 0.3 is 0 Å². The number of aliphatic hydroxyl groups is 1. The monoisotopic (exact) mass is 222 g/mol. The summed E-state index contributed by atoms with van der Waals surface area (Å²) >= 11 is 0. The van der Waals surface area contributed by atoms with Gasteiger partial charge in [0.25, 0.3) is 0 Å². The molecule has 0 aromatic heterocycles. The zero-order valence-corrected chi connectivity index (χ0v) is 9.62. The number of ketones is 1. The second-order valence-electron chi connectivity index (χ2n) is 3.97. The van der Waals surface area contributed by atoms with Gasteiger partial charge in [-0.05, 0) is 19.1 Å². The zero-order chi connectivity index (χ0) is 12.3. The van der Waals surface area contributed by atoms with Crippen LogP contribution in [-0.2, 0) is 0 Å². The summed E-state index contributed by atoms with van der Waals surface area (Å²) in [4.78, 5) is 11.9. The number of allylic oxidation sites excluding steroid dienone is 2. The number of hydrogen-bond donors (Lipinski definition) is 1. The van der Waals surface area contributed by atoms with Crippen molar-refractivity contribution >= 4 is 5.78 Å². The summed E-state index contributed by atoms with van der Waals surface area (Å²) in [6, 6.07) is 5.76. The van der Waals surface area contributed by atoms with Gasteiger partial charge in [0.1, 0.15) is 11.6 Å². The van der Waals surface area contributed by atoms with E-state index in [-0.39, 0.29) is 22.8 Å². The quantitative estimate of drug-likeness (QED) is 0.483. The molecule has 1 rings (SSSR count). The first-order valence-corrected chi connectivity index (χ1v) is 5.14. The van der Waals surface area contributed by atoms with E-state index in [4.69, 9.17) is 0 Å². The van der Waals surface area contributed by atoms with Gasteiger partial charge in [-0.3, -0.25) is 4.79 Å². The van der Waals surface area contributed by atoms with Crippen LogP contribution in [0.15, 0.2) is 35.6 Å². The average molecular weight is 222 g/mol. The molecule has 0 fully saturated rings. The van der Waals surface area contributed by atoms with Crippen molar-refractivity contribution in [3.05, 3.63) is 47.0 Å². The summed E-state index contributed by atoms with van der Waals surface area (Å²) in [6.45, 7) is 5.05. The van der Waals surface area contributed by atoms with E-state index in [1.807, 2.05) is 0 Å². The van der Waals surface area contributed by atoms with Gasteiger partial charge in [-0.1, -0.05) is 26.0 Å². The molecule has 0 atom stereocenters. The Labute approximate surface area is 94.4 Å². The molecule has 0 amide bonds. The molecule has 0 unspecified atom stereocenters. The predicted molar refractivity (Wildman–Crippen MR) is 60.9 cm³/mol. The molecule has 0 bridgehead atoms. The van der Waals surface area contributed by atoms with Gasteiger partial charge in [0.2, 0.25) is 0 Å². The minimum atomic E-state index is -0.566. The van der Waals surface area contributed by atoms with E-state index in [9.17, 15) is 14.3 Å². The fourth-order valence-corrected chi connectivity index (χ4v) is 1.40. The van der Waals surface area contributed by atoms with Crippen LogP contribution < -0.4 is 0 Å². The van der Waals surface area contributed by atoms with Crippen molar-refractivity contribution in [3.63, 3.8) is 0 Å². The van der Waals surface area contributed by atoms with E-state index in [0.29, 0.717) is 0 Å². The van der Waals surface area contributed by atoms with Crippen LogP contribution in [0.2, 0.25) is 0 Å². The van der Waals surface area contributed by atoms with Crippen molar-refractivity contribution in [2.75, 3.05) is 0 Å². The lowest BCUT2D eigenvalue weighted by Crippen LogP contribution is -2.08. The highest BCUT2D eigenvalue weighted by molar-refractivity contribution is 6.08. The Morgan fingerprint density at radius 2 is 1.88 bits per heavy atom. The minimum absolute atomic E-state index is 0.00722. The van der Waals surface area contributed by atoms with Crippen LogP contribution in [0.4, 0.5) is 4.39 Å². The van der Waals surface area contributed by atoms with E-state index in [0.717, 1.165) is 0 Å². The van der Waals surface area contributed by atoms with Crippen LogP contribution in [0.3, 0.4) is 0 Å². The van der Waals surface area contributed by atoms with Gasteiger partial charge in [-0.15, -0.1) is 0 Å². The Hall–Kier alpha value is -1.64. The molecule has 0 saturated carbocycles. The molecule has 0 heterocycles. The van der Waals surface area contributed by atoms with Gasteiger partial charge in [-0.2, -0.15) is 0 Å². The first-order chi connectivity index (χ1) is 7.45. The van der Waals surface area contributed by atoms with Gasteiger partial charge in [-0.25, -0.2) is 4.39 Å². The third-order valence-corrected chi connectivity index (χ3v) is 2.39. The lowest BCUT2D eigenvalue weighted by molar-refractivity contribution is 0.102. The molecule has 0 saturated heterocycles. The molecule has 1 N–H and O–H groups in total. The number of hydrogen-bond acceptors (Lipinski definition) is 2. The lowest BCUT2D eigenvalue weighted by atomic mass is 9.99. The Bertz CT molecular complexity index is 433. The first kappa shape index (κ1) is 12.4. The van der Waals surface area contributed by atoms with E-state index >= 15 is 0 Å². The second-order valence-corrected chi connectivity index (χ2v) is 3.97. The van der Waals surface area contributed by atoms with E-state index in [1.165, 1.54) is 25.1 Å². The highest BCUT2D eigenvalue weighted by Crippen LogP contribution is 2.17. The normalized spacial score (nSPS) is 12.6. The highest BCUT2D eigenvalue weighted by Gasteiger charge is 2.17. The molecule has 86 valence electrons. The zero-order valence-electron chi connectivity index (χ0n) is 9.62. The van der Waals surface area contributed by atoms with Crippen molar-refractivity contribution < 1.29 is 14.3 Å². The topological polar surface area (TPSA) is 37.3 Å². The average Bonchev–Trinajstić information content (AvgIpc) is 2.26. The minimum Gasteiger partial charge on any atom is -0.512 e. The standard InChI is InChI=1S/C13H15FO2/c1-8(2)12(15)9(3)13(16)10-6-4-5-7-11(10)14/h4-8,15H,1-3H3/b12-9-. The van der Waals surface area contributed by atoms with Crippen LogP contribution in [0, 0.1) is 11.7 Å². The maximum Gasteiger partial charge on any atom is 0.195 e. The molecule has 1 aromatic rings. The fraction of sp³-hybridized carbons (Fsp3) is 0.308. The van der Waals surface area contributed by atoms with Crippen LogP contribution in [0.5, 0.6) is 0 Å². The molecule has 3 heteroatoms. The summed E-state index contributed by atoms with van der Waals surface area (Å²) in [7, 11) is 0. The molecule has 0 aliphatic carbocycles. The molecule has 2 nitrogen and oxygen atoms in total. The number of carbonyl (C=O) groups is 1. The fourth-order valence-electron chi connectivity index (χ4n) is 1.40. The van der Waals surface area contributed by atoms with Crippen LogP contribution in [0.25, 0.3) is 0 Å². The van der Waals surface area contributed by atoms with Gasteiger partial charge in [0, 0.05) is 11.5 Å². The number of rotatable bonds is 3. The second kappa shape index (κ2) is 4.92. The smallest absolute Gasteiger partial charge is 0.195 e. The van der Waals surface area contributed by atoms with Gasteiger partial charge in [0.15, 0.2) is 5.78 Å². The highest BCUT2D eigenvalue weighted by atomic mass is 19.1. The molecule has 16 heavy (non-hydrogen) atoms. The number of benzene rings is 1. The third kappa shape index (κ3) is 2.48.